The summed E-state index contributed by atoms with van der Waals surface area (Å²) >= 11 is 0. The first-order chi connectivity index (χ1) is 6.11. The highest BCUT2D eigenvalue weighted by molar-refractivity contribution is 5.74. The van der Waals surface area contributed by atoms with Gasteiger partial charge in [-0.05, 0) is 11.8 Å². The maximum Gasteiger partial charge on any atom is 0.156 e. The van der Waals surface area contributed by atoms with E-state index in [0.717, 1.165) is 23.8 Å². The summed E-state index contributed by atoms with van der Waals surface area (Å²) in [5.41, 5.74) is 1.52. The number of hydrogen-bond acceptors (Lipinski definition) is 0. The Morgan fingerprint density at radius 3 is 2.54 bits per heavy atom. The summed E-state index contributed by atoms with van der Waals surface area (Å²) in [6, 6.07) is 0.914. The Morgan fingerprint density at radius 1 is 1.31 bits per heavy atom. The molecule has 74 valence electrons. The quantitative estimate of drug-likeness (QED) is 0.546. The molecule has 1 nitrogen and oxygen atoms in total. The van der Waals surface area contributed by atoms with Gasteiger partial charge < -0.3 is 0 Å². The van der Waals surface area contributed by atoms with Crippen molar-refractivity contribution in [1.29, 1.82) is 0 Å². The predicted molar refractivity (Wildman–Crippen MR) is 56.3 cm³/mol. The first-order valence-corrected chi connectivity index (χ1v) is 5.68. The summed E-state index contributed by atoms with van der Waals surface area (Å²) in [7, 11) is 0. The van der Waals surface area contributed by atoms with Crippen LogP contribution in [0.4, 0.5) is 0 Å². The van der Waals surface area contributed by atoms with Crippen LogP contribution in [0, 0.1) is 17.8 Å². The van der Waals surface area contributed by atoms with Gasteiger partial charge in [0.25, 0.3) is 0 Å². The monoisotopic (exact) mass is 180 g/mol. The Balaban J connectivity index is 2.07. The van der Waals surface area contributed by atoms with Crippen LogP contribution in [-0.2, 0) is 0 Å². The third-order valence-corrected chi connectivity index (χ3v) is 4.09. The van der Waals surface area contributed by atoms with E-state index in [1.54, 1.807) is 0 Å². The third kappa shape index (κ3) is 1.33. The van der Waals surface area contributed by atoms with Crippen LogP contribution in [0.2, 0.25) is 0 Å². The van der Waals surface area contributed by atoms with E-state index < -0.39 is 0 Å². The highest BCUT2D eigenvalue weighted by Gasteiger charge is 2.53. The fourth-order valence-corrected chi connectivity index (χ4v) is 3.26. The first kappa shape index (κ1) is 9.23. The Hall–Kier alpha value is -0.330. The van der Waals surface area contributed by atoms with Crippen molar-refractivity contribution >= 4 is 5.71 Å². The molecule has 3 unspecified atom stereocenters. The molecule has 1 saturated carbocycles. The minimum atomic E-state index is 0.901. The number of hydrogen-bond donors (Lipinski definition) is 0. The number of fused-ring (bicyclic) bond motifs is 1. The summed E-state index contributed by atoms with van der Waals surface area (Å²) < 4.78 is 2.63. The molecule has 0 aromatic heterocycles. The minimum Gasteiger partial charge on any atom is -0.235 e. The molecule has 1 saturated heterocycles. The van der Waals surface area contributed by atoms with E-state index in [2.05, 4.69) is 32.3 Å². The van der Waals surface area contributed by atoms with Crippen molar-refractivity contribution in [2.24, 2.45) is 17.8 Å². The van der Waals surface area contributed by atoms with Crippen molar-refractivity contribution < 1.29 is 4.58 Å². The molecule has 0 amide bonds. The van der Waals surface area contributed by atoms with Crippen LogP contribution in [-0.4, -0.2) is 22.9 Å². The van der Waals surface area contributed by atoms with E-state index in [0.29, 0.717) is 0 Å². The van der Waals surface area contributed by atoms with Gasteiger partial charge in [-0.3, -0.25) is 0 Å². The summed E-state index contributed by atoms with van der Waals surface area (Å²) in [5, 5.41) is 0. The fraction of sp³-hybridized carbons (Fsp3) is 0.917. The standard InChI is InChI=1S/C12H22N/c1-8(2)11-7-12-10(11)5-6-13(12)9(3)4/h8,10-12H,5-7H2,1-4H3/q+1. The van der Waals surface area contributed by atoms with Gasteiger partial charge in [-0.25, -0.2) is 4.58 Å². The molecular weight excluding hydrogens is 158 g/mol. The van der Waals surface area contributed by atoms with Crippen LogP contribution in [0.15, 0.2) is 0 Å². The Bertz CT molecular complexity index is 236. The molecular formula is C12H22N+. The van der Waals surface area contributed by atoms with Gasteiger partial charge >= 0.3 is 0 Å². The predicted octanol–water partition coefficient (Wildman–Crippen LogP) is 2.54. The van der Waals surface area contributed by atoms with Gasteiger partial charge in [0.1, 0.15) is 12.3 Å². The minimum absolute atomic E-state index is 0.901. The van der Waals surface area contributed by atoms with Gasteiger partial charge in [0.05, 0.1) is 0 Å². The van der Waals surface area contributed by atoms with E-state index >= 15 is 0 Å². The van der Waals surface area contributed by atoms with E-state index in [1.807, 2.05) is 0 Å². The summed E-state index contributed by atoms with van der Waals surface area (Å²) in [6.45, 7) is 10.6. The van der Waals surface area contributed by atoms with E-state index in [-0.39, 0.29) is 0 Å². The second-order valence-electron chi connectivity index (χ2n) is 5.30. The lowest BCUT2D eigenvalue weighted by atomic mass is 9.65. The highest BCUT2D eigenvalue weighted by Crippen LogP contribution is 2.47. The first-order valence-electron chi connectivity index (χ1n) is 5.68. The molecule has 2 fully saturated rings. The zero-order chi connectivity index (χ0) is 9.59. The molecule has 1 aliphatic carbocycles. The zero-order valence-corrected chi connectivity index (χ0v) is 9.38. The molecule has 1 heterocycles. The molecule has 2 aliphatic rings. The lowest BCUT2D eigenvalue weighted by Gasteiger charge is -2.39. The maximum atomic E-state index is 2.63. The number of rotatable bonds is 1. The number of nitrogens with zero attached hydrogens (tertiary/aromatic N) is 1. The van der Waals surface area contributed by atoms with Crippen molar-refractivity contribution in [3.05, 3.63) is 0 Å². The van der Waals surface area contributed by atoms with Crippen molar-refractivity contribution in [1.82, 2.24) is 0 Å². The molecule has 3 atom stereocenters. The Morgan fingerprint density at radius 2 is 2.00 bits per heavy atom. The van der Waals surface area contributed by atoms with Crippen LogP contribution in [0.25, 0.3) is 0 Å². The van der Waals surface area contributed by atoms with Crippen molar-refractivity contribution in [3.8, 4) is 0 Å². The Labute approximate surface area is 81.8 Å². The van der Waals surface area contributed by atoms with Crippen LogP contribution in [0.5, 0.6) is 0 Å². The smallest absolute Gasteiger partial charge is 0.156 e. The topological polar surface area (TPSA) is 3.01 Å². The van der Waals surface area contributed by atoms with Crippen LogP contribution in [0.1, 0.15) is 40.5 Å². The molecule has 0 bridgehead atoms. The molecule has 0 aromatic carbocycles. The molecule has 0 aromatic rings. The van der Waals surface area contributed by atoms with Crippen LogP contribution in [0.3, 0.4) is 0 Å². The average Bonchev–Trinajstić information content (AvgIpc) is 2.27. The largest absolute Gasteiger partial charge is 0.235 e. The molecule has 1 heteroatoms. The van der Waals surface area contributed by atoms with Crippen LogP contribution >= 0.6 is 0 Å². The lowest BCUT2D eigenvalue weighted by molar-refractivity contribution is -0.563. The second kappa shape index (κ2) is 3.11. The van der Waals surface area contributed by atoms with Gasteiger partial charge in [-0.2, -0.15) is 0 Å². The molecule has 0 spiro atoms. The van der Waals surface area contributed by atoms with Gasteiger partial charge in [-0.1, -0.05) is 13.8 Å². The molecule has 2 rings (SSSR count). The molecule has 0 radical (unpaired) electrons. The van der Waals surface area contributed by atoms with Gasteiger partial charge in [-0.15, -0.1) is 0 Å². The average molecular weight is 180 g/mol. The zero-order valence-electron chi connectivity index (χ0n) is 9.38. The van der Waals surface area contributed by atoms with Crippen molar-refractivity contribution in [2.45, 2.75) is 46.6 Å². The van der Waals surface area contributed by atoms with E-state index in [9.17, 15) is 0 Å². The SMILES string of the molecule is CC(C)=[N+]1CCC2C(C(C)C)CC21. The summed E-state index contributed by atoms with van der Waals surface area (Å²) in [6.07, 6.45) is 2.90. The second-order valence-corrected chi connectivity index (χ2v) is 5.30. The fourth-order valence-electron chi connectivity index (χ4n) is 3.26. The van der Waals surface area contributed by atoms with E-state index in [4.69, 9.17) is 0 Å². The van der Waals surface area contributed by atoms with Gasteiger partial charge in [0.15, 0.2) is 6.04 Å². The molecule has 13 heavy (non-hydrogen) atoms. The lowest BCUT2D eigenvalue weighted by Crippen LogP contribution is -2.45. The van der Waals surface area contributed by atoms with Crippen LogP contribution < -0.4 is 0 Å². The molecule has 1 aliphatic heterocycles. The Kier molecular flexibility index (Phi) is 2.21. The summed E-state index contributed by atoms with van der Waals surface area (Å²) in [4.78, 5) is 0. The van der Waals surface area contributed by atoms with Gasteiger partial charge in [0.2, 0.25) is 0 Å². The van der Waals surface area contributed by atoms with Gasteiger partial charge in [0, 0.05) is 32.6 Å². The van der Waals surface area contributed by atoms with E-state index in [1.165, 1.54) is 25.1 Å². The maximum absolute atomic E-state index is 2.63. The normalized spacial score (nSPS) is 37.6. The van der Waals surface area contributed by atoms with Crippen molar-refractivity contribution in [2.75, 3.05) is 6.54 Å². The van der Waals surface area contributed by atoms with Crippen molar-refractivity contribution in [3.63, 3.8) is 0 Å². The highest BCUT2D eigenvalue weighted by atomic mass is 15.1. The molecule has 0 N–H and O–H groups in total. The third-order valence-electron chi connectivity index (χ3n) is 4.09. The summed E-state index contributed by atoms with van der Waals surface area (Å²) in [5.74, 6) is 2.95.